The summed E-state index contributed by atoms with van der Waals surface area (Å²) in [6, 6.07) is 19.8. The van der Waals surface area contributed by atoms with Crippen molar-refractivity contribution in [3.63, 3.8) is 0 Å². The highest BCUT2D eigenvalue weighted by atomic mass is 19.1. The molecule has 2 saturated heterocycles. The summed E-state index contributed by atoms with van der Waals surface area (Å²) < 4.78 is 51.7. The van der Waals surface area contributed by atoms with E-state index in [-0.39, 0.29) is 31.5 Å². The van der Waals surface area contributed by atoms with Gasteiger partial charge in [0.15, 0.2) is 17.4 Å². The lowest BCUT2D eigenvalue weighted by atomic mass is 10.1. The van der Waals surface area contributed by atoms with E-state index in [1.165, 1.54) is 26.2 Å². The quantitative estimate of drug-likeness (QED) is 0.200. The highest BCUT2D eigenvalue weighted by Crippen LogP contribution is 2.37. The molecule has 14 heteroatoms. The van der Waals surface area contributed by atoms with Crippen LogP contribution in [0.2, 0.25) is 0 Å². The van der Waals surface area contributed by atoms with Crippen molar-refractivity contribution in [1.29, 1.82) is 0 Å². The summed E-state index contributed by atoms with van der Waals surface area (Å²) in [5.41, 5.74) is 2.80. The van der Waals surface area contributed by atoms with Crippen LogP contribution in [0.3, 0.4) is 0 Å². The van der Waals surface area contributed by atoms with Gasteiger partial charge in [-0.3, -0.25) is 0 Å². The highest BCUT2D eigenvalue weighted by Gasteiger charge is 2.44. The maximum atomic E-state index is 15.3. The largest absolute Gasteiger partial charge is 0.485 e. The zero-order valence-electron chi connectivity index (χ0n) is 27.4. The van der Waals surface area contributed by atoms with Crippen LogP contribution in [0.1, 0.15) is 31.9 Å². The monoisotopic (exact) mass is 672 g/mol. The first-order valence-corrected chi connectivity index (χ1v) is 16.4. The van der Waals surface area contributed by atoms with Crippen LogP contribution in [0, 0.1) is 11.6 Å². The number of piperazine rings is 1. The lowest BCUT2D eigenvalue weighted by Crippen LogP contribution is -2.46. The Morgan fingerprint density at radius 3 is 2.18 bits per heavy atom. The average Bonchev–Trinajstić information content (AvgIpc) is 3.89. The van der Waals surface area contributed by atoms with Gasteiger partial charge in [0.2, 0.25) is 5.79 Å². The summed E-state index contributed by atoms with van der Waals surface area (Å²) in [4.78, 5) is 18.4. The van der Waals surface area contributed by atoms with Gasteiger partial charge in [-0.2, -0.15) is 20.1 Å². The molecule has 2 fully saturated rings. The van der Waals surface area contributed by atoms with E-state index in [9.17, 15) is 4.79 Å². The third-order valence-corrected chi connectivity index (χ3v) is 9.13. The lowest BCUT2D eigenvalue weighted by Gasteiger charge is -2.37. The third kappa shape index (κ3) is 6.65. The Hall–Kier alpha value is -5.08. The van der Waals surface area contributed by atoms with Crippen molar-refractivity contribution in [1.82, 2.24) is 29.3 Å². The molecule has 0 N–H and O–H groups in total. The van der Waals surface area contributed by atoms with Crippen LogP contribution in [0.15, 0.2) is 90.2 Å². The zero-order chi connectivity index (χ0) is 34.0. The molecule has 0 aliphatic carbocycles. The molecule has 2 aliphatic rings. The number of halogens is 2. The van der Waals surface area contributed by atoms with Gasteiger partial charge >= 0.3 is 5.69 Å². The van der Waals surface area contributed by atoms with Gasteiger partial charge < -0.3 is 24.0 Å². The minimum Gasteiger partial charge on any atom is -0.485 e. The fourth-order valence-corrected chi connectivity index (χ4v) is 6.23. The Labute approximate surface area is 282 Å². The van der Waals surface area contributed by atoms with Crippen molar-refractivity contribution >= 4 is 11.4 Å². The predicted molar refractivity (Wildman–Crippen MR) is 178 cm³/mol. The van der Waals surface area contributed by atoms with E-state index in [4.69, 9.17) is 14.2 Å². The van der Waals surface area contributed by atoms with Crippen LogP contribution in [0.5, 0.6) is 5.75 Å². The Kier molecular flexibility index (Phi) is 9.15. The van der Waals surface area contributed by atoms with Crippen LogP contribution >= 0.6 is 0 Å². The first-order valence-electron chi connectivity index (χ1n) is 16.4. The number of aromatic nitrogens is 6. The molecule has 256 valence electrons. The summed E-state index contributed by atoms with van der Waals surface area (Å²) >= 11 is 0. The van der Waals surface area contributed by atoms with Gasteiger partial charge in [0.05, 0.1) is 30.7 Å². The molecule has 3 atom stereocenters. The SMILES string of the molecule is CCC(C)n1ncn(-c2ccc(N3CCN(c4cc(F)c(OC[C@@H]5CO[C@@](Cn6nccn6)(c6ccccc6)O5)c(F)c4)CC3)cc2)c1=O. The summed E-state index contributed by atoms with van der Waals surface area (Å²) in [7, 11) is 0. The van der Waals surface area contributed by atoms with Crippen molar-refractivity contribution in [3.8, 4) is 11.4 Å². The third-order valence-electron chi connectivity index (χ3n) is 9.13. The molecule has 49 heavy (non-hydrogen) atoms. The summed E-state index contributed by atoms with van der Waals surface area (Å²) in [5, 5.41) is 12.6. The molecule has 12 nitrogen and oxygen atoms in total. The highest BCUT2D eigenvalue weighted by molar-refractivity contribution is 5.55. The fraction of sp³-hybridized carbons (Fsp3) is 0.371. The van der Waals surface area contributed by atoms with Crippen molar-refractivity contribution in [2.24, 2.45) is 0 Å². The number of nitrogens with zero attached hydrogens (tertiary/aromatic N) is 8. The molecule has 0 radical (unpaired) electrons. The Bertz CT molecular complexity index is 1890. The lowest BCUT2D eigenvalue weighted by molar-refractivity contribution is -0.192. The first-order chi connectivity index (χ1) is 23.8. The maximum Gasteiger partial charge on any atom is 0.350 e. The molecule has 5 aromatic rings. The number of benzene rings is 3. The Morgan fingerprint density at radius 2 is 1.53 bits per heavy atom. The normalized spacial score (nSPS) is 20.1. The van der Waals surface area contributed by atoms with Crippen molar-refractivity contribution in [2.75, 3.05) is 49.2 Å². The minimum atomic E-state index is -1.17. The average molecular weight is 673 g/mol. The predicted octanol–water partition coefficient (Wildman–Crippen LogP) is 4.55. The van der Waals surface area contributed by atoms with E-state index in [2.05, 4.69) is 20.2 Å². The molecule has 7 rings (SSSR count). The molecular formula is C35H38F2N8O4. The Morgan fingerprint density at radius 1 is 0.898 bits per heavy atom. The van der Waals surface area contributed by atoms with E-state index >= 15 is 8.78 Å². The number of rotatable bonds is 11. The van der Waals surface area contributed by atoms with Gasteiger partial charge in [0.1, 0.15) is 25.6 Å². The van der Waals surface area contributed by atoms with Gasteiger partial charge in [-0.15, -0.1) is 0 Å². The van der Waals surface area contributed by atoms with Gasteiger partial charge in [-0.05, 0) is 37.6 Å². The van der Waals surface area contributed by atoms with Crippen molar-refractivity contribution < 1.29 is 23.0 Å². The molecule has 0 saturated carbocycles. The van der Waals surface area contributed by atoms with Crippen molar-refractivity contribution in [2.45, 2.75) is 44.7 Å². The standard InChI is InChI=1S/C35H38F2N8O4/c1-3-25(2)45-34(46)43(24-40-45)28-11-9-27(10-12-28)41-15-17-42(18-16-41)29-19-31(36)33(32(37)20-29)47-21-30-22-48-35(49-30,23-44-38-13-14-39-44)26-7-5-4-6-8-26/h4-14,19-20,24-25,30H,3,15-18,21-23H2,1-2H3/t25?,30-,35-/m1/s1. The maximum absolute atomic E-state index is 15.3. The second kappa shape index (κ2) is 13.8. The minimum absolute atomic E-state index is 0.0230. The van der Waals surface area contributed by atoms with E-state index in [1.54, 1.807) is 18.7 Å². The van der Waals surface area contributed by atoms with Crippen LogP contribution in [-0.2, 0) is 21.8 Å². The molecule has 0 spiro atoms. The van der Waals surface area contributed by atoms with E-state index in [0.29, 0.717) is 31.9 Å². The molecule has 2 aliphatic heterocycles. The zero-order valence-corrected chi connectivity index (χ0v) is 27.4. The topological polar surface area (TPSA) is 105 Å². The smallest absolute Gasteiger partial charge is 0.350 e. The molecule has 0 bridgehead atoms. The molecule has 4 heterocycles. The molecule has 3 aromatic carbocycles. The molecule has 0 amide bonds. The summed E-state index contributed by atoms with van der Waals surface area (Å²) in [5.74, 6) is -3.19. The molecule has 2 aromatic heterocycles. The number of ether oxygens (including phenoxy) is 3. The van der Waals surface area contributed by atoms with Crippen LogP contribution in [-0.4, -0.2) is 74.8 Å². The second-order valence-electron chi connectivity index (χ2n) is 12.3. The number of hydrogen-bond donors (Lipinski definition) is 0. The van der Waals surface area contributed by atoms with Crippen molar-refractivity contribution in [3.05, 3.63) is 113 Å². The summed E-state index contributed by atoms with van der Waals surface area (Å²) in [6.07, 6.45) is 4.92. The number of anilines is 2. The van der Waals surface area contributed by atoms with Gasteiger partial charge in [-0.25, -0.2) is 22.8 Å². The Balaban J connectivity index is 0.958. The van der Waals surface area contributed by atoms with E-state index in [1.807, 2.05) is 73.3 Å². The van der Waals surface area contributed by atoms with Crippen LogP contribution in [0.4, 0.5) is 20.2 Å². The fourth-order valence-electron chi connectivity index (χ4n) is 6.23. The van der Waals surface area contributed by atoms with Gasteiger partial charge in [-0.1, -0.05) is 37.3 Å². The second-order valence-corrected chi connectivity index (χ2v) is 12.3. The van der Waals surface area contributed by atoms with E-state index in [0.717, 1.165) is 23.4 Å². The van der Waals surface area contributed by atoms with Crippen LogP contribution in [0.25, 0.3) is 5.69 Å². The van der Waals surface area contributed by atoms with E-state index < -0.39 is 29.3 Å². The number of hydrogen-bond acceptors (Lipinski definition) is 9. The summed E-state index contributed by atoms with van der Waals surface area (Å²) in [6.45, 7) is 6.68. The van der Waals surface area contributed by atoms with Crippen LogP contribution < -0.4 is 20.2 Å². The molecular weight excluding hydrogens is 634 g/mol. The van der Waals surface area contributed by atoms with Gasteiger partial charge in [0.25, 0.3) is 0 Å². The molecule has 1 unspecified atom stereocenters. The van der Waals surface area contributed by atoms with Gasteiger partial charge in [0, 0.05) is 55.2 Å². The first kappa shape index (κ1) is 32.5.